The normalized spacial score (nSPS) is 15.2. The van der Waals surface area contributed by atoms with Crippen molar-refractivity contribution in [1.29, 1.82) is 0 Å². The first-order chi connectivity index (χ1) is 15.9. The van der Waals surface area contributed by atoms with Gasteiger partial charge in [0.15, 0.2) is 0 Å². The first-order valence-electron chi connectivity index (χ1n) is 11.6. The summed E-state index contributed by atoms with van der Waals surface area (Å²) < 4.78 is 0. The lowest BCUT2D eigenvalue weighted by atomic mass is 9.87. The topological polar surface area (TPSA) is 61.4 Å². The summed E-state index contributed by atoms with van der Waals surface area (Å²) in [5.41, 5.74) is 3.88. The van der Waals surface area contributed by atoms with Gasteiger partial charge in [-0.1, -0.05) is 39.0 Å². The van der Waals surface area contributed by atoms with Gasteiger partial charge in [0.1, 0.15) is 5.82 Å². The van der Waals surface area contributed by atoms with Gasteiger partial charge in [-0.3, -0.25) is 14.7 Å². The second kappa shape index (κ2) is 10.1. The first kappa shape index (κ1) is 22.9. The number of hydrogen-bond donors (Lipinski definition) is 1. The molecule has 1 fully saturated rings. The van der Waals surface area contributed by atoms with Crippen LogP contribution in [0.15, 0.2) is 67.1 Å². The van der Waals surface area contributed by atoms with E-state index in [0.29, 0.717) is 11.3 Å². The molecule has 2 aromatic heterocycles. The molecule has 0 aliphatic carbocycles. The Balaban J connectivity index is 1.33. The third-order valence-electron chi connectivity index (χ3n) is 6.06. The fraction of sp³-hybridized carbons (Fsp3) is 0.370. The van der Waals surface area contributed by atoms with Crippen LogP contribution in [0.25, 0.3) is 0 Å². The standard InChI is InChI=1S/C27H33N5O/c1-27(2,3)23-9-7-22(8-10-23)26(33)30-24-11-12-25(29-19-24)32-15-5-14-31(16-17-32)20-21-6-4-13-28-18-21/h4,6-13,18-19H,5,14-17,20H2,1-3H3,(H,30,33). The highest BCUT2D eigenvalue weighted by Gasteiger charge is 2.17. The molecule has 3 aromatic rings. The smallest absolute Gasteiger partial charge is 0.255 e. The number of carbonyl (C=O) groups is 1. The molecule has 0 radical (unpaired) electrons. The molecule has 0 saturated carbocycles. The van der Waals surface area contributed by atoms with E-state index in [2.05, 4.69) is 51.9 Å². The van der Waals surface area contributed by atoms with Crippen molar-refractivity contribution in [3.8, 4) is 0 Å². The molecule has 1 aliphatic rings. The number of benzene rings is 1. The molecular weight excluding hydrogens is 410 g/mol. The van der Waals surface area contributed by atoms with Crippen molar-refractivity contribution < 1.29 is 4.79 Å². The summed E-state index contributed by atoms with van der Waals surface area (Å²) in [6.45, 7) is 11.4. The fourth-order valence-corrected chi connectivity index (χ4v) is 4.08. The number of hydrogen-bond acceptors (Lipinski definition) is 5. The predicted molar refractivity (Wildman–Crippen MR) is 134 cm³/mol. The monoisotopic (exact) mass is 443 g/mol. The molecule has 6 nitrogen and oxygen atoms in total. The van der Waals surface area contributed by atoms with Gasteiger partial charge in [0.25, 0.3) is 5.91 Å². The Bertz CT molecular complexity index is 1040. The van der Waals surface area contributed by atoms with E-state index in [1.54, 1.807) is 6.20 Å². The van der Waals surface area contributed by atoms with E-state index >= 15 is 0 Å². The van der Waals surface area contributed by atoms with Crippen LogP contribution >= 0.6 is 0 Å². The number of anilines is 2. The summed E-state index contributed by atoms with van der Waals surface area (Å²) in [7, 11) is 0. The van der Waals surface area contributed by atoms with Gasteiger partial charge in [0.05, 0.1) is 11.9 Å². The second-order valence-electron chi connectivity index (χ2n) is 9.66. The Kier molecular flexibility index (Phi) is 7.04. The van der Waals surface area contributed by atoms with Gasteiger partial charge in [0, 0.05) is 50.7 Å². The number of pyridine rings is 2. The summed E-state index contributed by atoms with van der Waals surface area (Å²) in [6.07, 6.45) is 6.59. The Morgan fingerprint density at radius 2 is 1.79 bits per heavy atom. The molecule has 0 unspecified atom stereocenters. The van der Waals surface area contributed by atoms with E-state index in [9.17, 15) is 4.79 Å². The highest BCUT2D eigenvalue weighted by atomic mass is 16.1. The Morgan fingerprint density at radius 3 is 2.45 bits per heavy atom. The summed E-state index contributed by atoms with van der Waals surface area (Å²) >= 11 is 0. The molecule has 1 saturated heterocycles. The molecule has 4 rings (SSSR count). The van der Waals surface area contributed by atoms with Crippen molar-refractivity contribution in [1.82, 2.24) is 14.9 Å². The molecule has 6 heteroatoms. The van der Waals surface area contributed by atoms with Gasteiger partial charge in [-0.25, -0.2) is 4.98 Å². The molecule has 0 atom stereocenters. The molecule has 0 spiro atoms. The average molecular weight is 444 g/mol. The molecule has 1 aliphatic heterocycles. The fourth-order valence-electron chi connectivity index (χ4n) is 4.08. The Morgan fingerprint density at radius 1 is 0.970 bits per heavy atom. The van der Waals surface area contributed by atoms with E-state index in [0.717, 1.165) is 45.0 Å². The summed E-state index contributed by atoms with van der Waals surface area (Å²) in [4.78, 5) is 26.3. The van der Waals surface area contributed by atoms with Crippen LogP contribution < -0.4 is 10.2 Å². The van der Waals surface area contributed by atoms with Crippen molar-refractivity contribution in [2.24, 2.45) is 0 Å². The lowest BCUT2D eigenvalue weighted by molar-refractivity contribution is 0.102. The van der Waals surface area contributed by atoms with Crippen LogP contribution in [0, 0.1) is 0 Å². The van der Waals surface area contributed by atoms with E-state index in [-0.39, 0.29) is 11.3 Å². The molecule has 1 amide bonds. The van der Waals surface area contributed by atoms with Crippen molar-refractivity contribution in [3.05, 3.63) is 83.8 Å². The van der Waals surface area contributed by atoms with Gasteiger partial charge in [-0.05, 0) is 53.3 Å². The summed E-state index contributed by atoms with van der Waals surface area (Å²) in [5, 5.41) is 2.96. The lowest BCUT2D eigenvalue weighted by Gasteiger charge is -2.23. The third-order valence-corrected chi connectivity index (χ3v) is 6.06. The van der Waals surface area contributed by atoms with Crippen molar-refractivity contribution in [2.45, 2.75) is 39.2 Å². The van der Waals surface area contributed by atoms with Crippen molar-refractivity contribution >= 4 is 17.4 Å². The zero-order valence-electron chi connectivity index (χ0n) is 19.8. The van der Waals surface area contributed by atoms with Gasteiger partial charge in [-0.15, -0.1) is 0 Å². The van der Waals surface area contributed by atoms with Gasteiger partial charge in [0.2, 0.25) is 0 Å². The highest BCUT2D eigenvalue weighted by molar-refractivity contribution is 6.04. The first-order valence-corrected chi connectivity index (χ1v) is 11.6. The molecule has 33 heavy (non-hydrogen) atoms. The summed E-state index contributed by atoms with van der Waals surface area (Å²) in [6, 6.07) is 15.9. The van der Waals surface area contributed by atoms with Crippen LogP contribution in [-0.2, 0) is 12.0 Å². The molecule has 3 heterocycles. The molecule has 172 valence electrons. The zero-order valence-corrected chi connectivity index (χ0v) is 19.8. The van der Waals surface area contributed by atoms with E-state index in [1.807, 2.05) is 54.9 Å². The average Bonchev–Trinajstić information content (AvgIpc) is 3.05. The van der Waals surface area contributed by atoms with E-state index < -0.39 is 0 Å². The Hall–Kier alpha value is -3.25. The highest BCUT2D eigenvalue weighted by Crippen LogP contribution is 2.23. The second-order valence-corrected chi connectivity index (χ2v) is 9.66. The molecular formula is C27H33N5O. The minimum atomic E-state index is -0.120. The molecule has 0 bridgehead atoms. The van der Waals surface area contributed by atoms with Crippen LogP contribution in [0.1, 0.15) is 48.7 Å². The van der Waals surface area contributed by atoms with Gasteiger partial charge in [-0.2, -0.15) is 0 Å². The Labute approximate surface area is 196 Å². The number of nitrogens with zero attached hydrogens (tertiary/aromatic N) is 4. The van der Waals surface area contributed by atoms with E-state index in [1.165, 1.54) is 11.1 Å². The maximum Gasteiger partial charge on any atom is 0.255 e. The van der Waals surface area contributed by atoms with Gasteiger partial charge >= 0.3 is 0 Å². The minimum absolute atomic E-state index is 0.0673. The number of aromatic nitrogens is 2. The van der Waals surface area contributed by atoms with Crippen LogP contribution in [0.2, 0.25) is 0 Å². The third kappa shape index (κ3) is 6.17. The molecule has 1 N–H and O–H groups in total. The largest absolute Gasteiger partial charge is 0.355 e. The van der Waals surface area contributed by atoms with Crippen LogP contribution in [0.3, 0.4) is 0 Å². The number of rotatable bonds is 5. The van der Waals surface area contributed by atoms with Crippen molar-refractivity contribution in [3.63, 3.8) is 0 Å². The molecule has 1 aromatic carbocycles. The van der Waals surface area contributed by atoms with E-state index in [4.69, 9.17) is 0 Å². The number of carbonyl (C=O) groups excluding carboxylic acids is 1. The SMILES string of the molecule is CC(C)(C)c1ccc(C(=O)Nc2ccc(N3CCCN(Cc4cccnc4)CC3)nc2)cc1. The minimum Gasteiger partial charge on any atom is -0.355 e. The predicted octanol–water partition coefficient (Wildman–Crippen LogP) is 4.74. The maximum atomic E-state index is 12.6. The lowest BCUT2D eigenvalue weighted by Crippen LogP contribution is -2.31. The van der Waals surface area contributed by atoms with Crippen LogP contribution in [0.4, 0.5) is 11.5 Å². The van der Waals surface area contributed by atoms with Gasteiger partial charge < -0.3 is 10.2 Å². The quantitative estimate of drug-likeness (QED) is 0.617. The maximum absolute atomic E-state index is 12.6. The van der Waals surface area contributed by atoms with Crippen LogP contribution in [-0.4, -0.2) is 47.0 Å². The summed E-state index contributed by atoms with van der Waals surface area (Å²) in [5.74, 6) is 0.830. The number of amides is 1. The van der Waals surface area contributed by atoms with Crippen molar-refractivity contribution in [2.75, 3.05) is 36.4 Å². The number of nitrogens with one attached hydrogen (secondary N) is 1. The van der Waals surface area contributed by atoms with Crippen LogP contribution in [0.5, 0.6) is 0 Å². The zero-order chi connectivity index (χ0) is 23.3.